The normalized spacial score (nSPS) is 10.6. The third-order valence-electron chi connectivity index (χ3n) is 4.85. The maximum atomic E-state index is 12.3. The minimum absolute atomic E-state index is 0.0850. The van der Waals surface area contributed by atoms with Crippen LogP contribution in [0.5, 0.6) is 0 Å². The second-order valence-corrected chi connectivity index (χ2v) is 7.87. The lowest BCUT2D eigenvalue weighted by molar-refractivity contribution is -0.139. The summed E-state index contributed by atoms with van der Waals surface area (Å²) in [5, 5.41) is 0. The number of ether oxygens (including phenoxy) is 2. The first-order valence-electron chi connectivity index (χ1n) is 10.9. The lowest BCUT2D eigenvalue weighted by Crippen LogP contribution is -2.08. The molecular weight excluding hydrogens is 418 g/mol. The zero-order valence-corrected chi connectivity index (χ0v) is 19.5. The van der Waals surface area contributed by atoms with Crippen molar-refractivity contribution in [2.45, 2.75) is 26.2 Å². The molecule has 0 atom stereocenters. The molecule has 6 nitrogen and oxygen atoms in total. The summed E-state index contributed by atoms with van der Waals surface area (Å²) in [6.07, 6.45) is 5.42. The molecule has 0 aromatic heterocycles. The molecule has 0 fully saturated rings. The average molecular weight is 450 g/mol. The van der Waals surface area contributed by atoms with E-state index < -0.39 is 5.97 Å². The molecule has 2 aromatic carbocycles. The second kappa shape index (κ2) is 13.0. The Kier molecular flexibility index (Phi) is 10.1. The van der Waals surface area contributed by atoms with Gasteiger partial charge in [-0.05, 0) is 74.2 Å². The third kappa shape index (κ3) is 8.77. The van der Waals surface area contributed by atoms with Crippen LogP contribution in [0.4, 0.5) is 5.69 Å². The Morgan fingerprint density at radius 1 is 0.848 bits per heavy atom. The SMILES string of the molecule is C=C(C)C(=O)OCCCCCOC(=O)c1ccc(/C=C/C(=O)c2ccc(N(C)C)cc2)cc1. The molecule has 0 spiro atoms. The lowest BCUT2D eigenvalue weighted by Gasteiger charge is -2.11. The molecule has 0 saturated carbocycles. The molecular formula is C27H31NO5. The average Bonchev–Trinajstić information content (AvgIpc) is 2.81. The molecule has 0 aliphatic rings. The molecule has 0 heterocycles. The van der Waals surface area contributed by atoms with Crippen molar-refractivity contribution in [2.24, 2.45) is 0 Å². The predicted molar refractivity (Wildman–Crippen MR) is 130 cm³/mol. The summed E-state index contributed by atoms with van der Waals surface area (Å²) in [4.78, 5) is 37.7. The Hall–Kier alpha value is -3.67. The molecule has 2 rings (SSSR count). The van der Waals surface area contributed by atoms with E-state index in [4.69, 9.17) is 9.47 Å². The molecule has 0 radical (unpaired) electrons. The van der Waals surface area contributed by atoms with Crippen LogP contribution in [0.3, 0.4) is 0 Å². The molecule has 0 N–H and O–H groups in total. The van der Waals surface area contributed by atoms with E-state index in [9.17, 15) is 14.4 Å². The minimum atomic E-state index is -0.392. The zero-order chi connectivity index (χ0) is 24.2. The Morgan fingerprint density at radius 3 is 2.00 bits per heavy atom. The molecule has 0 unspecified atom stereocenters. The van der Waals surface area contributed by atoms with Crippen LogP contribution in [0.15, 0.2) is 66.8 Å². The van der Waals surface area contributed by atoms with Gasteiger partial charge in [0.15, 0.2) is 5.78 Å². The van der Waals surface area contributed by atoms with Gasteiger partial charge >= 0.3 is 11.9 Å². The van der Waals surface area contributed by atoms with Crippen molar-refractivity contribution in [3.63, 3.8) is 0 Å². The highest BCUT2D eigenvalue weighted by molar-refractivity contribution is 6.07. The van der Waals surface area contributed by atoms with Crippen LogP contribution >= 0.6 is 0 Å². The number of carbonyl (C=O) groups excluding carboxylic acids is 3. The Morgan fingerprint density at radius 2 is 1.42 bits per heavy atom. The molecule has 6 heteroatoms. The highest BCUT2D eigenvalue weighted by atomic mass is 16.5. The van der Waals surface area contributed by atoms with E-state index in [1.165, 1.54) is 6.08 Å². The largest absolute Gasteiger partial charge is 0.462 e. The summed E-state index contributed by atoms with van der Waals surface area (Å²) in [6.45, 7) is 5.76. The van der Waals surface area contributed by atoms with E-state index in [2.05, 4.69) is 6.58 Å². The van der Waals surface area contributed by atoms with Crippen molar-refractivity contribution in [3.8, 4) is 0 Å². The van der Waals surface area contributed by atoms with Crippen LogP contribution in [-0.2, 0) is 14.3 Å². The summed E-state index contributed by atoms with van der Waals surface area (Å²) >= 11 is 0. The van der Waals surface area contributed by atoms with Crippen LogP contribution in [-0.4, -0.2) is 45.0 Å². The smallest absolute Gasteiger partial charge is 0.338 e. The molecule has 174 valence electrons. The van der Waals surface area contributed by atoms with Gasteiger partial charge in [-0.15, -0.1) is 0 Å². The number of esters is 2. The number of nitrogens with zero attached hydrogens (tertiary/aromatic N) is 1. The summed E-state index contributed by atoms with van der Waals surface area (Å²) in [5.74, 6) is -0.864. The highest BCUT2D eigenvalue weighted by Gasteiger charge is 2.07. The number of hydrogen-bond acceptors (Lipinski definition) is 6. The van der Waals surface area contributed by atoms with E-state index in [1.54, 1.807) is 49.4 Å². The fraction of sp³-hybridized carbons (Fsp3) is 0.296. The molecule has 33 heavy (non-hydrogen) atoms. The van der Waals surface area contributed by atoms with Gasteiger partial charge in [0.25, 0.3) is 0 Å². The number of anilines is 1. The molecule has 0 saturated heterocycles. The van der Waals surface area contributed by atoms with E-state index >= 15 is 0 Å². The van der Waals surface area contributed by atoms with Gasteiger partial charge < -0.3 is 14.4 Å². The second-order valence-electron chi connectivity index (χ2n) is 7.87. The van der Waals surface area contributed by atoms with Crippen molar-refractivity contribution in [1.82, 2.24) is 0 Å². The van der Waals surface area contributed by atoms with Gasteiger partial charge in [0.1, 0.15) is 0 Å². The monoisotopic (exact) mass is 449 g/mol. The Balaban J connectivity index is 1.74. The van der Waals surface area contributed by atoms with E-state index in [0.29, 0.717) is 42.8 Å². The van der Waals surface area contributed by atoms with Gasteiger partial charge in [-0.3, -0.25) is 4.79 Å². The van der Waals surface area contributed by atoms with Crippen molar-refractivity contribution in [2.75, 3.05) is 32.2 Å². The third-order valence-corrected chi connectivity index (χ3v) is 4.85. The fourth-order valence-electron chi connectivity index (χ4n) is 2.84. The van der Waals surface area contributed by atoms with Gasteiger partial charge in [0.2, 0.25) is 0 Å². The first-order chi connectivity index (χ1) is 15.8. The number of carbonyl (C=O) groups is 3. The van der Waals surface area contributed by atoms with Gasteiger partial charge in [-0.1, -0.05) is 24.8 Å². The Bertz CT molecular complexity index is 988. The van der Waals surface area contributed by atoms with Gasteiger partial charge in [-0.25, -0.2) is 9.59 Å². The molecule has 0 amide bonds. The first-order valence-corrected chi connectivity index (χ1v) is 10.9. The van der Waals surface area contributed by atoms with E-state index in [1.807, 2.05) is 31.1 Å². The molecule has 0 bridgehead atoms. The fourth-order valence-corrected chi connectivity index (χ4v) is 2.84. The van der Waals surface area contributed by atoms with Crippen LogP contribution in [0.2, 0.25) is 0 Å². The summed E-state index contributed by atoms with van der Waals surface area (Å²) in [7, 11) is 3.90. The van der Waals surface area contributed by atoms with E-state index in [-0.39, 0.29) is 11.8 Å². The quantitative estimate of drug-likeness (QED) is 0.194. The number of unbranched alkanes of at least 4 members (excludes halogenated alkanes) is 2. The minimum Gasteiger partial charge on any atom is -0.462 e. The Labute approximate surface area is 195 Å². The number of allylic oxidation sites excluding steroid dienone is 1. The number of benzene rings is 2. The maximum absolute atomic E-state index is 12.3. The summed E-state index contributed by atoms with van der Waals surface area (Å²) in [5.41, 5.74) is 3.29. The number of rotatable bonds is 12. The van der Waals surface area contributed by atoms with Crippen LogP contribution in [0.25, 0.3) is 6.08 Å². The zero-order valence-electron chi connectivity index (χ0n) is 19.5. The standard InChI is InChI=1S/C27H31NO5/c1-20(2)26(30)32-18-6-5-7-19-33-27(31)23-11-8-21(9-12-23)10-17-25(29)22-13-15-24(16-14-22)28(3)4/h8-17H,1,5-7,18-19H2,2-4H3/b17-10+. The van der Waals surface area contributed by atoms with Crippen molar-refractivity contribution < 1.29 is 23.9 Å². The van der Waals surface area contributed by atoms with Crippen LogP contribution in [0, 0.1) is 0 Å². The number of ketones is 1. The topological polar surface area (TPSA) is 72.9 Å². The number of hydrogen-bond donors (Lipinski definition) is 0. The maximum Gasteiger partial charge on any atom is 0.338 e. The van der Waals surface area contributed by atoms with Crippen molar-refractivity contribution >= 4 is 29.5 Å². The van der Waals surface area contributed by atoms with Gasteiger partial charge in [-0.2, -0.15) is 0 Å². The molecule has 0 aliphatic carbocycles. The van der Waals surface area contributed by atoms with Crippen molar-refractivity contribution in [1.29, 1.82) is 0 Å². The van der Waals surface area contributed by atoms with Gasteiger partial charge in [0, 0.05) is 30.9 Å². The highest BCUT2D eigenvalue weighted by Crippen LogP contribution is 2.14. The van der Waals surface area contributed by atoms with Crippen LogP contribution in [0.1, 0.15) is 52.5 Å². The summed E-state index contributed by atoms with van der Waals surface area (Å²) in [6, 6.07) is 14.3. The lowest BCUT2D eigenvalue weighted by atomic mass is 10.1. The van der Waals surface area contributed by atoms with E-state index in [0.717, 1.165) is 17.7 Å². The van der Waals surface area contributed by atoms with Gasteiger partial charge in [0.05, 0.1) is 18.8 Å². The van der Waals surface area contributed by atoms with Crippen molar-refractivity contribution in [3.05, 3.63) is 83.4 Å². The molecule has 0 aliphatic heterocycles. The summed E-state index contributed by atoms with van der Waals surface area (Å²) < 4.78 is 10.3. The molecule has 2 aromatic rings. The predicted octanol–water partition coefficient (Wildman–Crippen LogP) is 5.10. The van der Waals surface area contributed by atoms with Crippen LogP contribution < -0.4 is 4.90 Å². The first kappa shape index (κ1) is 25.6.